The Bertz CT molecular complexity index is 1530. The van der Waals surface area contributed by atoms with Gasteiger partial charge in [0, 0.05) is 14.2 Å². The number of rotatable bonds is 18. The van der Waals surface area contributed by atoms with Gasteiger partial charge in [-0.15, -0.1) is 11.3 Å². The quantitative estimate of drug-likeness (QED) is 0.153. The Hall–Kier alpha value is -3.86. The number of thiazole rings is 1. The van der Waals surface area contributed by atoms with Crippen LogP contribution in [-0.2, 0) is 45.5 Å². The molecule has 1 unspecified atom stereocenters. The molecule has 4 N–H and O–H groups in total. The molecule has 3 amide bonds. The first kappa shape index (κ1) is 37.6. The van der Waals surface area contributed by atoms with E-state index in [0.717, 1.165) is 16.9 Å². The van der Waals surface area contributed by atoms with Gasteiger partial charge in [-0.2, -0.15) is 0 Å². The highest BCUT2D eigenvalue weighted by atomic mass is 32.2. The Labute approximate surface area is 280 Å². The van der Waals surface area contributed by atoms with E-state index in [-0.39, 0.29) is 19.6 Å². The molecule has 0 aliphatic carbocycles. The minimum absolute atomic E-state index is 0.00706. The van der Waals surface area contributed by atoms with Crippen molar-refractivity contribution in [2.75, 3.05) is 34.0 Å². The van der Waals surface area contributed by atoms with Crippen LogP contribution in [-0.4, -0.2) is 95.6 Å². The molecule has 1 aromatic heterocycles. The van der Waals surface area contributed by atoms with Gasteiger partial charge < -0.3 is 30.5 Å². The lowest BCUT2D eigenvalue weighted by molar-refractivity contribution is -0.143. The zero-order valence-corrected chi connectivity index (χ0v) is 28.4. The van der Waals surface area contributed by atoms with E-state index in [1.54, 1.807) is 61.5 Å². The van der Waals surface area contributed by atoms with E-state index in [2.05, 4.69) is 20.9 Å². The van der Waals surface area contributed by atoms with E-state index >= 15 is 0 Å². The predicted octanol–water partition coefficient (Wildman–Crippen LogP) is 1.42. The minimum Gasteiger partial charge on any atom is -0.382 e. The molecule has 3 rings (SSSR count). The van der Waals surface area contributed by atoms with Crippen molar-refractivity contribution in [1.82, 2.24) is 20.9 Å². The average molecular weight is 689 g/mol. The summed E-state index contributed by atoms with van der Waals surface area (Å²) in [7, 11) is 2.68. The smallest absolute Gasteiger partial charge is 0.263 e. The lowest BCUT2D eigenvalue weighted by atomic mass is 9.91. The first-order chi connectivity index (χ1) is 22.3. The van der Waals surface area contributed by atoms with Crippen LogP contribution in [0.3, 0.4) is 0 Å². The lowest BCUT2D eigenvalue weighted by Gasteiger charge is -2.29. The third kappa shape index (κ3) is 11.4. The number of aryl methyl sites for hydroxylation is 2. The molecule has 2 aromatic carbocycles. The van der Waals surface area contributed by atoms with E-state index in [4.69, 9.17) is 13.7 Å². The molecule has 13 nitrogen and oxygen atoms in total. The maximum atomic E-state index is 13.7. The summed E-state index contributed by atoms with van der Waals surface area (Å²) >= 11 is -0.809. The van der Waals surface area contributed by atoms with Crippen molar-refractivity contribution in [3.8, 4) is 0 Å². The fraction of sp³-hybridized carbons (Fsp3) is 0.406. The van der Waals surface area contributed by atoms with Crippen molar-refractivity contribution in [1.29, 1.82) is 0 Å². The van der Waals surface area contributed by atoms with Crippen LogP contribution < -0.4 is 16.0 Å². The van der Waals surface area contributed by atoms with Crippen LogP contribution in [0.4, 0.5) is 0 Å². The average Bonchev–Trinajstić information content (AvgIpc) is 3.49. The SMILES string of the molecule is COC[C@H](NC(=O)c1cnc(C)s1)C(=O)N[C@@H](COC)C(=O)N[C@@H](Cc1ccccc1)C(=O)[C@](C)(O)COS(=O)c1ccc(C)cc1. The fourth-order valence-electron chi connectivity index (χ4n) is 4.33. The molecule has 47 heavy (non-hydrogen) atoms. The molecule has 254 valence electrons. The molecule has 0 radical (unpaired) electrons. The van der Waals surface area contributed by atoms with E-state index < -0.39 is 64.9 Å². The Morgan fingerprint density at radius 1 is 0.894 bits per heavy atom. The number of methoxy groups -OCH3 is 2. The summed E-state index contributed by atoms with van der Waals surface area (Å²) in [5, 5.41) is 19.6. The van der Waals surface area contributed by atoms with Gasteiger partial charge in [0.05, 0.1) is 42.0 Å². The van der Waals surface area contributed by atoms with Gasteiger partial charge in [0.15, 0.2) is 16.9 Å². The van der Waals surface area contributed by atoms with Gasteiger partial charge in [0.2, 0.25) is 11.8 Å². The number of carbonyl (C=O) groups is 4. The minimum atomic E-state index is -2.16. The zero-order chi connectivity index (χ0) is 34.6. The molecule has 0 aliphatic heterocycles. The number of aromatic nitrogens is 1. The van der Waals surface area contributed by atoms with Gasteiger partial charge in [-0.25, -0.2) is 9.19 Å². The van der Waals surface area contributed by atoms with Crippen LogP contribution in [0.1, 0.15) is 32.7 Å². The normalized spacial score (nSPS) is 15.0. The van der Waals surface area contributed by atoms with E-state index in [1.807, 2.05) is 6.92 Å². The second-order valence-electron chi connectivity index (χ2n) is 10.9. The highest BCUT2D eigenvalue weighted by Crippen LogP contribution is 2.17. The summed E-state index contributed by atoms with van der Waals surface area (Å²) in [6.07, 6.45) is 1.38. The maximum Gasteiger partial charge on any atom is 0.263 e. The molecule has 0 fully saturated rings. The molecule has 0 aliphatic rings. The number of aliphatic hydroxyl groups is 1. The summed E-state index contributed by atoms with van der Waals surface area (Å²) in [5.74, 6) is -2.86. The van der Waals surface area contributed by atoms with Crippen LogP contribution in [0.25, 0.3) is 0 Å². The van der Waals surface area contributed by atoms with Crippen molar-refractivity contribution < 1.29 is 42.2 Å². The van der Waals surface area contributed by atoms with Crippen LogP contribution >= 0.6 is 11.3 Å². The molecule has 5 atom stereocenters. The number of amides is 3. The molecular weight excluding hydrogens is 649 g/mol. The van der Waals surface area contributed by atoms with Gasteiger partial charge in [-0.1, -0.05) is 48.0 Å². The summed E-state index contributed by atoms with van der Waals surface area (Å²) in [5.41, 5.74) is -0.518. The van der Waals surface area contributed by atoms with E-state index in [9.17, 15) is 28.5 Å². The molecule has 15 heteroatoms. The number of carbonyl (C=O) groups excluding carboxylic acids is 4. The maximum absolute atomic E-state index is 13.7. The van der Waals surface area contributed by atoms with Crippen molar-refractivity contribution >= 4 is 45.9 Å². The predicted molar refractivity (Wildman–Crippen MR) is 175 cm³/mol. The molecule has 0 saturated heterocycles. The zero-order valence-electron chi connectivity index (χ0n) is 26.8. The fourth-order valence-corrected chi connectivity index (χ4v) is 5.84. The number of ketones is 1. The standard InChI is InChI=1S/C32H40N4O9S2/c1-20-11-13-23(14-12-20)47(42)45-19-32(3,41)28(37)24(15-22-9-7-6-8-10-22)34-29(38)25(17-43-4)35-30(39)26(18-44-5)36-31(40)27-16-33-21(2)46-27/h6-14,16,24-26,41H,15,17-19H2,1-5H3,(H,34,38)(H,35,39)(H,36,40)/t24-,25-,26-,32+,47?/m0/s1. The number of ether oxygens (including phenoxy) is 2. The Balaban J connectivity index is 1.76. The number of hydrogen-bond acceptors (Lipinski definition) is 11. The summed E-state index contributed by atoms with van der Waals surface area (Å²) in [6.45, 7) is 3.73. The topological polar surface area (TPSA) is 182 Å². The molecule has 0 bridgehead atoms. The Kier molecular flexibility index (Phi) is 14.3. The summed E-state index contributed by atoms with van der Waals surface area (Å²) in [6, 6.07) is 11.8. The van der Waals surface area contributed by atoms with Crippen molar-refractivity contribution in [2.24, 2.45) is 0 Å². The van der Waals surface area contributed by atoms with Crippen LogP contribution in [0, 0.1) is 13.8 Å². The third-order valence-corrected chi connectivity index (χ3v) is 8.77. The van der Waals surface area contributed by atoms with Gasteiger partial charge in [0.25, 0.3) is 5.91 Å². The monoisotopic (exact) mass is 688 g/mol. The van der Waals surface area contributed by atoms with Gasteiger partial charge >= 0.3 is 0 Å². The molecule has 0 spiro atoms. The Morgan fingerprint density at radius 3 is 2.02 bits per heavy atom. The van der Waals surface area contributed by atoms with E-state index in [0.29, 0.717) is 20.3 Å². The third-order valence-electron chi connectivity index (χ3n) is 6.87. The summed E-state index contributed by atoms with van der Waals surface area (Å²) in [4.78, 5) is 57.9. The second kappa shape index (κ2) is 17.9. The molecule has 0 saturated carbocycles. The summed E-state index contributed by atoms with van der Waals surface area (Å²) < 4.78 is 28.3. The van der Waals surface area contributed by atoms with Crippen LogP contribution in [0.5, 0.6) is 0 Å². The number of Topliss-reactive ketones (excluding diaryl/α,β-unsaturated/α-hetero) is 1. The molecule has 1 heterocycles. The number of benzene rings is 2. The lowest BCUT2D eigenvalue weighted by Crippen LogP contribution is -2.60. The van der Waals surface area contributed by atoms with Crippen molar-refractivity contribution in [3.05, 3.63) is 81.8 Å². The number of nitrogens with zero attached hydrogens (tertiary/aromatic N) is 1. The highest BCUT2D eigenvalue weighted by molar-refractivity contribution is 7.80. The number of nitrogens with one attached hydrogen (secondary N) is 3. The van der Waals surface area contributed by atoms with Gasteiger partial charge in [-0.3, -0.25) is 23.4 Å². The molecular formula is C32H40N4O9S2. The van der Waals surface area contributed by atoms with Crippen molar-refractivity contribution in [2.45, 2.75) is 55.8 Å². The Morgan fingerprint density at radius 2 is 1.47 bits per heavy atom. The van der Waals surface area contributed by atoms with Crippen LogP contribution in [0.2, 0.25) is 0 Å². The van der Waals surface area contributed by atoms with E-state index in [1.165, 1.54) is 27.3 Å². The van der Waals surface area contributed by atoms with Gasteiger partial charge in [-0.05, 0) is 44.9 Å². The van der Waals surface area contributed by atoms with Crippen LogP contribution in [0.15, 0.2) is 65.7 Å². The largest absolute Gasteiger partial charge is 0.382 e. The number of hydrogen-bond donors (Lipinski definition) is 4. The first-order valence-electron chi connectivity index (χ1n) is 14.6. The van der Waals surface area contributed by atoms with Crippen molar-refractivity contribution in [3.63, 3.8) is 0 Å². The second-order valence-corrected chi connectivity index (χ2v) is 13.4. The van der Waals surface area contributed by atoms with Gasteiger partial charge in [0.1, 0.15) is 22.6 Å². The first-order valence-corrected chi connectivity index (χ1v) is 16.5. The molecule has 3 aromatic rings. The highest BCUT2D eigenvalue weighted by Gasteiger charge is 2.39.